The van der Waals surface area contributed by atoms with Gasteiger partial charge in [0.05, 0.1) is 17.7 Å². The highest BCUT2D eigenvalue weighted by atomic mass is 35.5. The summed E-state index contributed by atoms with van der Waals surface area (Å²) in [5, 5.41) is 3.16. The number of likely N-dealkylation sites (N-methyl/N-ethyl adjacent to an activating group) is 1. The summed E-state index contributed by atoms with van der Waals surface area (Å²) < 4.78 is 33.5. The van der Waals surface area contributed by atoms with Gasteiger partial charge in [0.25, 0.3) is 10.0 Å². The van der Waals surface area contributed by atoms with Crippen molar-refractivity contribution in [3.63, 3.8) is 0 Å². The maximum atomic E-state index is 13.7. The highest BCUT2D eigenvalue weighted by Crippen LogP contribution is 2.26. The van der Waals surface area contributed by atoms with Crippen molar-refractivity contribution in [2.75, 3.05) is 24.5 Å². The first kappa shape index (κ1) is 28.0. The number of hydrogen-bond acceptors (Lipinski definition) is 5. The molecule has 37 heavy (non-hydrogen) atoms. The molecule has 3 rings (SSSR count). The molecule has 8 nitrogen and oxygen atoms in total. The van der Waals surface area contributed by atoms with Gasteiger partial charge >= 0.3 is 0 Å². The van der Waals surface area contributed by atoms with Gasteiger partial charge in [-0.25, -0.2) is 8.42 Å². The fourth-order valence-corrected chi connectivity index (χ4v) is 5.25. The summed E-state index contributed by atoms with van der Waals surface area (Å²) in [6.07, 6.45) is 0. The van der Waals surface area contributed by atoms with E-state index >= 15 is 0 Å². The van der Waals surface area contributed by atoms with Gasteiger partial charge in [0.1, 0.15) is 18.3 Å². The molecule has 0 saturated heterocycles. The zero-order valence-electron chi connectivity index (χ0n) is 20.9. The summed E-state index contributed by atoms with van der Waals surface area (Å²) in [7, 11) is -2.55. The average molecular weight is 544 g/mol. The number of halogens is 1. The van der Waals surface area contributed by atoms with Crippen LogP contribution in [0.15, 0.2) is 83.8 Å². The van der Waals surface area contributed by atoms with E-state index in [2.05, 4.69) is 5.32 Å². The van der Waals surface area contributed by atoms with Crippen LogP contribution in [0.5, 0.6) is 5.75 Å². The van der Waals surface area contributed by atoms with Crippen molar-refractivity contribution in [1.29, 1.82) is 0 Å². The zero-order chi connectivity index (χ0) is 27.0. The lowest BCUT2D eigenvalue weighted by molar-refractivity contribution is -0.139. The Morgan fingerprint density at radius 3 is 2.16 bits per heavy atom. The Morgan fingerprint density at radius 2 is 1.59 bits per heavy atom. The minimum Gasteiger partial charge on any atom is -0.497 e. The van der Waals surface area contributed by atoms with E-state index in [0.717, 1.165) is 9.87 Å². The summed E-state index contributed by atoms with van der Waals surface area (Å²) in [5.41, 5.74) is 1.03. The van der Waals surface area contributed by atoms with Crippen LogP contribution < -0.4 is 14.4 Å². The van der Waals surface area contributed by atoms with Crippen LogP contribution in [0.25, 0.3) is 0 Å². The van der Waals surface area contributed by atoms with E-state index in [9.17, 15) is 18.0 Å². The molecule has 0 unspecified atom stereocenters. The number of nitrogens with zero attached hydrogens (tertiary/aromatic N) is 2. The van der Waals surface area contributed by atoms with Crippen LogP contribution in [0.4, 0.5) is 5.69 Å². The molecule has 0 radical (unpaired) electrons. The zero-order valence-corrected chi connectivity index (χ0v) is 22.5. The molecule has 0 aromatic heterocycles. The smallest absolute Gasteiger partial charge is 0.264 e. The van der Waals surface area contributed by atoms with Gasteiger partial charge in [0.15, 0.2) is 0 Å². The number of rotatable bonds is 11. The maximum Gasteiger partial charge on any atom is 0.264 e. The van der Waals surface area contributed by atoms with Gasteiger partial charge in [0, 0.05) is 18.1 Å². The topological polar surface area (TPSA) is 96.0 Å². The minimum absolute atomic E-state index is 0.0382. The summed E-state index contributed by atoms with van der Waals surface area (Å²) >= 11 is 6.03. The second-order valence-corrected chi connectivity index (χ2v) is 10.5. The highest BCUT2D eigenvalue weighted by molar-refractivity contribution is 7.92. The predicted octanol–water partition coefficient (Wildman–Crippen LogP) is 4.10. The Labute approximate surface area is 222 Å². The molecule has 0 bridgehead atoms. The molecular weight excluding hydrogens is 514 g/mol. The molecule has 2 amide bonds. The van der Waals surface area contributed by atoms with Crippen molar-refractivity contribution >= 4 is 39.1 Å². The molecule has 196 valence electrons. The lowest BCUT2D eigenvalue weighted by Crippen LogP contribution is -2.51. The summed E-state index contributed by atoms with van der Waals surface area (Å²) in [5.74, 6) is -0.224. The largest absolute Gasteiger partial charge is 0.497 e. The molecule has 1 atom stereocenters. The number of amides is 2. The molecule has 1 N–H and O–H groups in total. The lowest BCUT2D eigenvalue weighted by atomic mass is 10.1. The normalized spacial score (nSPS) is 11.9. The lowest BCUT2D eigenvalue weighted by Gasteiger charge is -2.32. The second kappa shape index (κ2) is 12.6. The first-order valence-electron chi connectivity index (χ1n) is 11.7. The standard InChI is InChI=1S/C27H30ClN3O5S/c1-4-29-27(33)20(2)30(18-21-10-16-24(36-3)17-11-21)26(32)19-31(23-14-12-22(28)13-15-23)37(34,35)25-8-6-5-7-9-25/h5-17,20H,4,18-19H2,1-3H3,(H,29,33)/t20-/m0/s1. The van der Waals surface area contributed by atoms with Gasteiger partial charge in [-0.1, -0.05) is 41.9 Å². The van der Waals surface area contributed by atoms with Crippen LogP contribution in [-0.4, -0.2) is 51.4 Å². The summed E-state index contributed by atoms with van der Waals surface area (Å²) in [6, 6.07) is 20.3. The SMILES string of the molecule is CCNC(=O)[C@H](C)N(Cc1ccc(OC)cc1)C(=O)CN(c1ccc(Cl)cc1)S(=O)(=O)c1ccccc1. The van der Waals surface area contributed by atoms with Crippen LogP contribution in [0.3, 0.4) is 0 Å². The number of carbonyl (C=O) groups excluding carboxylic acids is 2. The Hall–Kier alpha value is -3.56. The Bertz CT molecular complexity index is 1300. The molecule has 0 aliphatic rings. The number of sulfonamides is 1. The molecule has 10 heteroatoms. The number of benzene rings is 3. The third-order valence-electron chi connectivity index (χ3n) is 5.75. The first-order chi connectivity index (χ1) is 17.7. The molecule has 0 fully saturated rings. The number of nitrogens with one attached hydrogen (secondary N) is 1. The number of methoxy groups -OCH3 is 1. The number of carbonyl (C=O) groups is 2. The predicted molar refractivity (Wildman–Crippen MR) is 144 cm³/mol. The fraction of sp³-hybridized carbons (Fsp3) is 0.259. The molecular formula is C27H30ClN3O5S. The van der Waals surface area contributed by atoms with Gasteiger partial charge in [-0.15, -0.1) is 0 Å². The van der Waals surface area contributed by atoms with Gasteiger partial charge in [-0.3, -0.25) is 13.9 Å². The van der Waals surface area contributed by atoms with E-state index in [-0.39, 0.29) is 23.0 Å². The van der Waals surface area contributed by atoms with E-state index in [4.69, 9.17) is 16.3 Å². The van der Waals surface area contributed by atoms with Crippen LogP contribution in [0, 0.1) is 0 Å². The van der Waals surface area contributed by atoms with Crippen molar-refractivity contribution in [3.8, 4) is 5.75 Å². The summed E-state index contributed by atoms with van der Waals surface area (Å²) in [6.45, 7) is 3.38. The second-order valence-electron chi connectivity index (χ2n) is 8.24. The van der Waals surface area contributed by atoms with Crippen molar-refractivity contribution in [3.05, 3.63) is 89.4 Å². The van der Waals surface area contributed by atoms with Crippen molar-refractivity contribution in [2.45, 2.75) is 31.3 Å². The van der Waals surface area contributed by atoms with E-state index in [1.165, 1.54) is 29.2 Å². The third kappa shape index (κ3) is 7.02. The van der Waals surface area contributed by atoms with Gasteiger partial charge < -0.3 is 15.0 Å². The van der Waals surface area contributed by atoms with E-state index in [0.29, 0.717) is 17.3 Å². The number of hydrogen-bond donors (Lipinski definition) is 1. The van der Waals surface area contributed by atoms with Crippen molar-refractivity contribution < 1.29 is 22.7 Å². The summed E-state index contributed by atoms with van der Waals surface area (Å²) in [4.78, 5) is 27.9. The van der Waals surface area contributed by atoms with Crippen molar-refractivity contribution in [1.82, 2.24) is 10.2 Å². The molecule has 0 saturated carbocycles. The quantitative estimate of drug-likeness (QED) is 0.393. The monoisotopic (exact) mass is 543 g/mol. The minimum atomic E-state index is -4.11. The molecule has 3 aromatic carbocycles. The van der Waals surface area contributed by atoms with Gasteiger partial charge in [0.2, 0.25) is 11.8 Å². The van der Waals surface area contributed by atoms with Crippen LogP contribution in [0.1, 0.15) is 19.4 Å². The fourth-order valence-electron chi connectivity index (χ4n) is 3.69. The Morgan fingerprint density at radius 1 is 0.973 bits per heavy atom. The van der Waals surface area contributed by atoms with Gasteiger partial charge in [-0.05, 0) is 67.9 Å². The third-order valence-corrected chi connectivity index (χ3v) is 7.80. The Balaban J connectivity index is 1.99. The maximum absolute atomic E-state index is 13.7. The molecule has 0 spiro atoms. The van der Waals surface area contributed by atoms with Crippen LogP contribution in [0.2, 0.25) is 5.02 Å². The van der Waals surface area contributed by atoms with Crippen LogP contribution >= 0.6 is 11.6 Å². The molecule has 3 aromatic rings. The average Bonchev–Trinajstić information content (AvgIpc) is 2.91. The number of anilines is 1. The molecule has 0 aliphatic heterocycles. The van der Waals surface area contributed by atoms with Crippen molar-refractivity contribution in [2.24, 2.45) is 0 Å². The van der Waals surface area contributed by atoms with E-state index < -0.39 is 28.5 Å². The molecule has 0 aliphatic carbocycles. The number of ether oxygens (including phenoxy) is 1. The molecule has 0 heterocycles. The van der Waals surface area contributed by atoms with Gasteiger partial charge in [-0.2, -0.15) is 0 Å². The van der Waals surface area contributed by atoms with E-state index in [1.54, 1.807) is 75.6 Å². The van der Waals surface area contributed by atoms with Crippen LogP contribution in [-0.2, 0) is 26.2 Å². The highest BCUT2D eigenvalue weighted by Gasteiger charge is 2.32. The Kier molecular flexibility index (Phi) is 9.54. The van der Waals surface area contributed by atoms with E-state index in [1.807, 2.05) is 0 Å². The first-order valence-corrected chi connectivity index (χ1v) is 13.5.